The van der Waals surface area contributed by atoms with Crippen LogP contribution in [0.5, 0.6) is 5.75 Å². The van der Waals surface area contributed by atoms with E-state index in [0.717, 1.165) is 12.8 Å². The van der Waals surface area contributed by atoms with Crippen LogP contribution in [-0.2, 0) is 14.3 Å². The zero-order chi connectivity index (χ0) is 15.0. The lowest BCUT2D eigenvalue weighted by Gasteiger charge is -2.15. The molecule has 4 nitrogen and oxygen atoms in total. The van der Waals surface area contributed by atoms with E-state index < -0.39 is 11.9 Å². The van der Waals surface area contributed by atoms with Gasteiger partial charge in [0.05, 0.1) is 13.7 Å². The normalized spacial score (nSPS) is 11.8. The third-order valence-corrected chi connectivity index (χ3v) is 3.07. The molecule has 0 heterocycles. The number of Topliss-reactive ketones (excluding diaryl/α,β-unsaturated/α-hetero) is 1. The summed E-state index contributed by atoms with van der Waals surface area (Å²) >= 11 is 0. The Labute approximate surface area is 120 Å². The Morgan fingerprint density at radius 3 is 2.30 bits per heavy atom. The Morgan fingerprint density at radius 2 is 1.80 bits per heavy atom. The van der Waals surface area contributed by atoms with Crippen LogP contribution in [0.15, 0.2) is 24.3 Å². The molecule has 1 aromatic rings. The van der Waals surface area contributed by atoms with Crippen molar-refractivity contribution in [1.82, 2.24) is 0 Å². The minimum Gasteiger partial charge on any atom is -0.497 e. The van der Waals surface area contributed by atoms with Crippen molar-refractivity contribution in [2.45, 2.75) is 39.0 Å². The van der Waals surface area contributed by atoms with Crippen LogP contribution < -0.4 is 4.74 Å². The number of ketones is 1. The molecule has 1 rings (SSSR count). The molecule has 1 atom stereocenters. The van der Waals surface area contributed by atoms with E-state index in [9.17, 15) is 9.59 Å². The van der Waals surface area contributed by atoms with Gasteiger partial charge >= 0.3 is 5.97 Å². The van der Waals surface area contributed by atoms with Crippen molar-refractivity contribution < 1.29 is 19.1 Å². The molecule has 0 aliphatic rings. The fraction of sp³-hybridized carbons (Fsp3) is 0.500. The fourth-order valence-corrected chi connectivity index (χ4v) is 1.97. The molecule has 0 radical (unpaired) electrons. The molecule has 0 saturated heterocycles. The third-order valence-electron chi connectivity index (χ3n) is 3.07. The molecule has 110 valence electrons. The summed E-state index contributed by atoms with van der Waals surface area (Å²) in [5, 5.41) is 0. The standard InChI is InChI=1S/C16H22O4/c1-4-6-7-14(17)15(16(18)20-5-2)12-8-10-13(19-3)11-9-12/h8-11,15H,4-7H2,1-3H3. The van der Waals surface area contributed by atoms with E-state index in [2.05, 4.69) is 0 Å². The maximum atomic E-state index is 12.2. The van der Waals surface area contributed by atoms with Gasteiger partial charge in [-0.15, -0.1) is 0 Å². The molecule has 0 fully saturated rings. The highest BCUT2D eigenvalue weighted by Crippen LogP contribution is 2.23. The molecule has 4 heteroatoms. The molecule has 20 heavy (non-hydrogen) atoms. The molecule has 0 aliphatic heterocycles. The van der Waals surface area contributed by atoms with Crippen molar-refractivity contribution >= 4 is 11.8 Å². The van der Waals surface area contributed by atoms with Crippen molar-refractivity contribution in [2.75, 3.05) is 13.7 Å². The number of carbonyl (C=O) groups excluding carboxylic acids is 2. The van der Waals surface area contributed by atoms with Gasteiger partial charge in [0.25, 0.3) is 0 Å². The van der Waals surface area contributed by atoms with Gasteiger partial charge in [0, 0.05) is 6.42 Å². The van der Waals surface area contributed by atoms with E-state index in [1.165, 1.54) is 0 Å². The highest BCUT2D eigenvalue weighted by molar-refractivity contribution is 6.04. The molecule has 0 N–H and O–H groups in total. The number of unbranched alkanes of at least 4 members (excludes halogenated alkanes) is 1. The van der Waals surface area contributed by atoms with Crippen LogP contribution >= 0.6 is 0 Å². The van der Waals surface area contributed by atoms with Gasteiger partial charge in [0.2, 0.25) is 0 Å². The van der Waals surface area contributed by atoms with Gasteiger partial charge in [-0.3, -0.25) is 9.59 Å². The second-order valence-electron chi connectivity index (χ2n) is 4.53. The molecule has 0 aromatic heterocycles. The third kappa shape index (κ3) is 4.37. The first-order valence-corrected chi connectivity index (χ1v) is 6.97. The number of hydrogen-bond acceptors (Lipinski definition) is 4. The van der Waals surface area contributed by atoms with Gasteiger partial charge in [-0.25, -0.2) is 0 Å². The SMILES string of the molecule is CCCCC(=O)C(C(=O)OCC)c1ccc(OC)cc1. The van der Waals surface area contributed by atoms with Crippen molar-refractivity contribution in [3.63, 3.8) is 0 Å². The highest BCUT2D eigenvalue weighted by Gasteiger charge is 2.29. The topological polar surface area (TPSA) is 52.6 Å². The van der Waals surface area contributed by atoms with Gasteiger partial charge in [0.1, 0.15) is 11.7 Å². The van der Waals surface area contributed by atoms with E-state index in [1.807, 2.05) is 6.92 Å². The quantitative estimate of drug-likeness (QED) is 0.541. The number of rotatable bonds is 8. The average Bonchev–Trinajstić information content (AvgIpc) is 2.46. The largest absolute Gasteiger partial charge is 0.497 e. The Bertz CT molecular complexity index is 436. The summed E-state index contributed by atoms with van der Waals surface area (Å²) in [4.78, 5) is 24.3. The summed E-state index contributed by atoms with van der Waals surface area (Å²) in [5.74, 6) is -0.695. The Balaban J connectivity index is 2.95. The lowest BCUT2D eigenvalue weighted by molar-refractivity contribution is -0.147. The molecule has 0 aliphatic carbocycles. The zero-order valence-electron chi connectivity index (χ0n) is 12.3. The van der Waals surface area contributed by atoms with Crippen molar-refractivity contribution in [3.05, 3.63) is 29.8 Å². The van der Waals surface area contributed by atoms with Crippen molar-refractivity contribution in [3.8, 4) is 5.75 Å². The van der Waals surface area contributed by atoms with Crippen LogP contribution in [0.3, 0.4) is 0 Å². The second kappa shape index (κ2) is 8.35. The smallest absolute Gasteiger partial charge is 0.321 e. The summed E-state index contributed by atoms with van der Waals surface area (Å²) in [6.45, 7) is 4.02. The minimum absolute atomic E-state index is 0.0875. The lowest BCUT2D eigenvalue weighted by Crippen LogP contribution is -2.24. The van der Waals surface area contributed by atoms with E-state index >= 15 is 0 Å². The van der Waals surface area contributed by atoms with Gasteiger partial charge < -0.3 is 9.47 Å². The van der Waals surface area contributed by atoms with Crippen LogP contribution in [0.1, 0.15) is 44.6 Å². The Kier molecular flexibility index (Phi) is 6.77. The minimum atomic E-state index is -0.826. The van der Waals surface area contributed by atoms with Crippen LogP contribution in [0, 0.1) is 0 Å². The van der Waals surface area contributed by atoms with Crippen LogP contribution in [0.25, 0.3) is 0 Å². The van der Waals surface area contributed by atoms with Crippen molar-refractivity contribution in [1.29, 1.82) is 0 Å². The molecule has 0 saturated carbocycles. The predicted molar refractivity (Wildman–Crippen MR) is 76.9 cm³/mol. The average molecular weight is 278 g/mol. The van der Waals surface area contributed by atoms with Gasteiger partial charge in [-0.1, -0.05) is 25.5 Å². The van der Waals surface area contributed by atoms with Gasteiger partial charge in [0.15, 0.2) is 5.78 Å². The predicted octanol–water partition coefficient (Wildman–Crippen LogP) is 3.10. The molecule has 1 aromatic carbocycles. The maximum Gasteiger partial charge on any atom is 0.321 e. The number of esters is 1. The molecular formula is C16H22O4. The summed E-state index contributed by atoms with van der Waals surface area (Å²) in [6, 6.07) is 6.97. The van der Waals surface area contributed by atoms with Crippen LogP contribution in [0.4, 0.5) is 0 Å². The van der Waals surface area contributed by atoms with E-state index in [1.54, 1.807) is 38.3 Å². The summed E-state index contributed by atoms with van der Waals surface area (Å²) in [6.07, 6.45) is 2.10. The summed E-state index contributed by atoms with van der Waals surface area (Å²) in [7, 11) is 1.57. The first-order valence-electron chi connectivity index (χ1n) is 6.97. The summed E-state index contributed by atoms with van der Waals surface area (Å²) in [5.41, 5.74) is 0.658. The molecule has 0 spiro atoms. The Hall–Kier alpha value is -1.84. The van der Waals surface area contributed by atoms with E-state index in [0.29, 0.717) is 17.7 Å². The number of hydrogen-bond donors (Lipinski definition) is 0. The molecule has 0 amide bonds. The number of carbonyl (C=O) groups is 2. The van der Waals surface area contributed by atoms with Crippen LogP contribution in [0.2, 0.25) is 0 Å². The highest BCUT2D eigenvalue weighted by atomic mass is 16.5. The number of ether oxygens (including phenoxy) is 2. The summed E-state index contributed by atoms with van der Waals surface area (Å²) < 4.78 is 10.1. The van der Waals surface area contributed by atoms with E-state index in [-0.39, 0.29) is 12.4 Å². The maximum absolute atomic E-state index is 12.2. The van der Waals surface area contributed by atoms with E-state index in [4.69, 9.17) is 9.47 Å². The Morgan fingerprint density at radius 1 is 1.15 bits per heavy atom. The first-order chi connectivity index (χ1) is 9.63. The first kappa shape index (κ1) is 16.2. The molecule has 0 bridgehead atoms. The molecule has 1 unspecified atom stereocenters. The van der Waals surface area contributed by atoms with Crippen LogP contribution in [-0.4, -0.2) is 25.5 Å². The lowest BCUT2D eigenvalue weighted by atomic mass is 9.92. The van der Waals surface area contributed by atoms with Crippen molar-refractivity contribution in [2.24, 2.45) is 0 Å². The van der Waals surface area contributed by atoms with Gasteiger partial charge in [-0.05, 0) is 31.0 Å². The number of benzene rings is 1. The second-order valence-corrected chi connectivity index (χ2v) is 4.53. The zero-order valence-corrected chi connectivity index (χ0v) is 12.3. The van der Waals surface area contributed by atoms with Gasteiger partial charge in [-0.2, -0.15) is 0 Å². The fourth-order valence-electron chi connectivity index (χ4n) is 1.97. The number of methoxy groups -OCH3 is 1. The monoisotopic (exact) mass is 278 g/mol. The molecular weight excluding hydrogens is 256 g/mol.